The predicted octanol–water partition coefficient (Wildman–Crippen LogP) is 4.41. The van der Waals surface area contributed by atoms with Crippen LogP contribution in [-0.4, -0.2) is 18.2 Å². The van der Waals surface area contributed by atoms with Crippen LogP contribution in [0.3, 0.4) is 0 Å². The lowest BCUT2D eigenvalue weighted by atomic mass is 10.3. The van der Waals surface area contributed by atoms with Gasteiger partial charge in [-0.3, -0.25) is 0 Å². The van der Waals surface area contributed by atoms with E-state index >= 15 is 0 Å². The van der Waals surface area contributed by atoms with Crippen LogP contribution in [0.2, 0.25) is 0 Å². The molecule has 0 bridgehead atoms. The van der Waals surface area contributed by atoms with E-state index < -0.39 is 0 Å². The van der Waals surface area contributed by atoms with Crippen molar-refractivity contribution in [1.29, 1.82) is 0 Å². The van der Waals surface area contributed by atoms with Crippen molar-refractivity contribution < 1.29 is 9.53 Å². The van der Waals surface area contributed by atoms with Crippen LogP contribution in [0, 0.1) is 6.92 Å². The van der Waals surface area contributed by atoms with Gasteiger partial charge in [-0.25, -0.2) is 4.79 Å². The molecule has 0 radical (unpaired) electrons. The maximum Gasteiger partial charge on any atom is 0.340 e. The van der Waals surface area contributed by atoms with Gasteiger partial charge in [-0.15, -0.1) is 11.3 Å². The van der Waals surface area contributed by atoms with Gasteiger partial charge in [0, 0.05) is 15.0 Å². The molecule has 1 heterocycles. The Kier molecular flexibility index (Phi) is 5.33. The highest BCUT2D eigenvalue weighted by atomic mass is 79.9. The van der Waals surface area contributed by atoms with Crippen LogP contribution in [0.15, 0.2) is 34.8 Å². The fourth-order valence-electron chi connectivity index (χ4n) is 1.70. The van der Waals surface area contributed by atoms with Gasteiger partial charge in [-0.1, -0.05) is 22.0 Å². The third-order valence-corrected chi connectivity index (χ3v) is 4.23. The van der Waals surface area contributed by atoms with Gasteiger partial charge in [0.2, 0.25) is 0 Å². The molecule has 0 saturated heterocycles. The number of ether oxygens (including phenoxy) is 1. The Balaban J connectivity index is 2.11. The molecule has 0 spiro atoms. The molecular weight excluding hydrogens is 372 g/mol. The second-order valence-corrected chi connectivity index (χ2v) is 6.76. The number of halogens is 1. The fourth-order valence-corrected chi connectivity index (χ4v) is 3.29. The first kappa shape index (κ1) is 15.9. The van der Waals surface area contributed by atoms with E-state index in [9.17, 15) is 4.79 Å². The summed E-state index contributed by atoms with van der Waals surface area (Å²) < 4.78 is 5.72. The molecule has 0 aliphatic rings. The first-order valence-corrected chi connectivity index (χ1v) is 8.03. The predicted molar refractivity (Wildman–Crippen MR) is 94.4 cm³/mol. The zero-order valence-electron chi connectivity index (χ0n) is 11.4. The smallest absolute Gasteiger partial charge is 0.340 e. The maximum absolute atomic E-state index is 11.7. The number of aryl methyl sites for hydroxylation is 1. The summed E-state index contributed by atoms with van der Waals surface area (Å²) in [7, 11) is 1.36. The van der Waals surface area contributed by atoms with E-state index in [0.29, 0.717) is 15.7 Å². The topological polar surface area (TPSA) is 50.4 Å². The number of thiophene rings is 1. The van der Waals surface area contributed by atoms with Crippen molar-refractivity contribution >= 4 is 61.3 Å². The van der Waals surface area contributed by atoms with Gasteiger partial charge in [0.1, 0.15) is 5.00 Å². The molecule has 7 heteroatoms. The summed E-state index contributed by atoms with van der Waals surface area (Å²) in [6, 6.07) is 9.43. The molecule has 1 aromatic heterocycles. The number of nitrogens with one attached hydrogen (secondary N) is 2. The average molecular weight is 385 g/mol. The molecule has 0 atom stereocenters. The number of hydrogen-bond donors (Lipinski definition) is 2. The average Bonchev–Trinajstić information content (AvgIpc) is 2.78. The monoisotopic (exact) mass is 384 g/mol. The molecule has 4 nitrogen and oxygen atoms in total. The number of thiocarbonyl (C=S) groups is 1. The van der Waals surface area contributed by atoms with Gasteiger partial charge in [0.05, 0.1) is 12.7 Å². The number of anilines is 2. The van der Waals surface area contributed by atoms with Crippen molar-refractivity contribution in [2.75, 3.05) is 17.7 Å². The van der Waals surface area contributed by atoms with E-state index in [1.165, 1.54) is 18.4 Å². The molecule has 0 aliphatic carbocycles. The SMILES string of the molecule is COC(=O)c1cc(C)sc1NC(=S)Nc1cccc(Br)c1. The number of hydrogen-bond acceptors (Lipinski definition) is 4. The number of methoxy groups -OCH3 is 1. The quantitative estimate of drug-likeness (QED) is 0.605. The van der Waals surface area contributed by atoms with Gasteiger partial charge in [-0.05, 0) is 43.4 Å². The lowest BCUT2D eigenvalue weighted by Crippen LogP contribution is -2.19. The highest BCUT2D eigenvalue weighted by Crippen LogP contribution is 2.28. The summed E-state index contributed by atoms with van der Waals surface area (Å²) in [6.45, 7) is 1.92. The van der Waals surface area contributed by atoms with Crippen molar-refractivity contribution in [3.63, 3.8) is 0 Å². The van der Waals surface area contributed by atoms with Crippen LogP contribution in [0.1, 0.15) is 15.2 Å². The fraction of sp³-hybridized carbons (Fsp3) is 0.143. The van der Waals surface area contributed by atoms with Gasteiger partial charge in [0.25, 0.3) is 0 Å². The van der Waals surface area contributed by atoms with Crippen LogP contribution in [0.4, 0.5) is 10.7 Å². The maximum atomic E-state index is 11.7. The van der Waals surface area contributed by atoms with Crippen LogP contribution >= 0.6 is 39.5 Å². The molecule has 2 aromatic rings. The molecule has 21 heavy (non-hydrogen) atoms. The van der Waals surface area contributed by atoms with E-state index in [-0.39, 0.29) is 5.97 Å². The third-order valence-electron chi connectivity index (χ3n) is 2.57. The van der Waals surface area contributed by atoms with Crippen LogP contribution in [-0.2, 0) is 4.74 Å². The van der Waals surface area contributed by atoms with E-state index in [1.54, 1.807) is 6.07 Å². The largest absolute Gasteiger partial charge is 0.465 e. The zero-order chi connectivity index (χ0) is 15.4. The summed E-state index contributed by atoms with van der Waals surface area (Å²) in [6.07, 6.45) is 0. The highest BCUT2D eigenvalue weighted by molar-refractivity contribution is 9.10. The molecule has 0 saturated carbocycles. The lowest BCUT2D eigenvalue weighted by molar-refractivity contribution is 0.0602. The second-order valence-electron chi connectivity index (χ2n) is 4.18. The normalized spacial score (nSPS) is 10.0. The summed E-state index contributed by atoms with van der Waals surface area (Å²) in [4.78, 5) is 12.7. The molecule has 110 valence electrons. The van der Waals surface area contributed by atoms with Gasteiger partial charge >= 0.3 is 5.97 Å². The number of carbonyl (C=O) groups is 1. The minimum Gasteiger partial charge on any atom is -0.465 e. The summed E-state index contributed by atoms with van der Waals surface area (Å²) in [5.41, 5.74) is 1.34. The molecular formula is C14H13BrN2O2S2. The van der Waals surface area contributed by atoms with Crippen LogP contribution in [0.5, 0.6) is 0 Å². The van der Waals surface area contributed by atoms with Crippen molar-refractivity contribution in [1.82, 2.24) is 0 Å². The molecule has 0 unspecified atom stereocenters. The minimum absolute atomic E-state index is 0.382. The number of rotatable bonds is 3. The molecule has 0 amide bonds. The van der Waals surface area contributed by atoms with Crippen molar-refractivity contribution in [2.45, 2.75) is 6.92 Å². The second kappa shape index (κ2) is 7.02. The van der Waals surface area contributed by atoms with E-state index in [0.717, 1.165) is 15.0 Å². The summed E-state index contributed by atoms with van der Waals surface area (Å²) >= 11 is 10.1. The molecule has 0 fully saturated rings. The molecule has 0 aliphatic heterocycles. The number of carbonyl (C=O) groups excluding carboxylic acids is 1. The van der Waals surface area contributed by atoms with Gasteiger partial charge in [0.15, 0.2) is 5.11 Å². The number of esters is 1. The van der Waals surface area contributed by atoms with Gasteiger partial charge < -0.3 is 15.4 Å². The van der Waals surface area contributed by atoms with Crippen molar-refractivity contribution in [3.8, 4) is 0 Å². The van der Waals surface area contributed by atoms with E-state index in [2.05, 4.69) is 26.6 Å². The van der Waals surface area contributed by atoms with Crippen LogP contribution < -0.4 is 10.6 Å². The van der Waals surface area contributed by atoms with Gasteiger partial charge in [-0.2, -0.15) is 0 Å². The molecule has 1 aromatic carbocycles. The summed E-state index contributed by atoms with van der Waals surface area (Å²) in [5.74, 6) is -0.382. The Hall–Kier alpha value is -1.44. The van der Waals surface area contributed by atoms with Crippen molar-refractivity contribution in [3.05, 3.63) is 45.2 Å². The Morgan fingerprint density at radius 3 is 2.76 bits per heavy atom. The standard InChI is InChI=1S/C14H13BrN2O2S2/c1-8-6-11(13(18)19-2)12(21-8)17-14(20)16-10-5-3-4-9(15)7-10/h3-7H,1-2H3,(H2,16,17,20). The highest BCUT2D eigenvalue weighted by Gasteiger charge is 2.16. The molecule has 2 rings (SSSR count). The summed E-state index contributed by atoms with van der Waals surface area (Å²) in [5, 5.41) is 7.20. The third kappa shape index (κ3) is 4.26. The van der Waals surface area contributed by atoms with Crippen molar-refractivity contribution in [2.24, 2.45) is 0 Å². The Bertz CT molecular complexity index is 685. The Labute approximate surface area is 140 Å². The zero-order valence-corrected chi connectivity index (χ0v) is 14.6. The Morgan fingerprint density at radius 1 is 1.33 bits per heavy atom. The Morgan fingerprint density at radius 2 is 2.10 bits per heavy atom. The molecule has 2 N–H and O–H groups in total. The van der Waals surface area contributed by atoms with Crippen LogP contribution in [0.25, 0.3) is 0 Å². The number of benzene rings is 1. The first-order valence-electron chi connectivity index (χ1n) is 6.02. The minimum atomic E-state index is -0.382. The van der Waals surface area contributed by atoms with E-state index in [4.69, 9.17) is 17.0 Å². The lowest BCUT2D eigenvalue weighted by Gasteiger charge is -2.10. The van der Waals surface area contributed by atoms with E-state index in [1.807, 2.05) is 31.2 Å². The first-order chi connectivity index (χ1) is 9.99.